The Hall–Kier alpha value is -3.41. The zero-order valence-corrected chi connectivity index (χ0v) is 28.7. The van der Waals surface area contributed by atoms with Gasteiger partial charge in [0, 0.05) is 26.7 Å². The molecule has 5 aliphatic rings. The van der Waals surface area contributed by atoms with Crippen molar-refractivity contribution >= 4 is 25.0 Å². The van der Waals surface area contributed by atoms with E-state index in [4.69, 9.17) is 18.8 Å². The Morgan fingerprint density at radius 1 is 1.00 bits per heavy atom. The molecule has 2 bridgehead atoms. The molecule has 2 heterocycles. The van der Waals surface area contributed by atoms with Gasteiger partial charge < -0.3 is 34.3 Å². The lowest BCUT2D eigenvalue weighted by molar-refractivity contribution is -0.199. The van der Waals surface area contributed by atoms with Crippen molar-refractivity contribution in [3.63, 3.8) is 0 Å². The fourth-order valence-electron chi connectivity index (χ4n) is 8.53. The normalized spacial score (nSPS) is 28.2. The fraction of sp³-hybridized carbons (Fsp3) is 0.595. The van der Waals surface area contributed by atoms with Gasteiger partial charge in [0.1, 0.15) is 18.7 Å². The summed E-state index contributed by atoms with van der Waals surface area (Å²) in [5, 5.41) is 6.04. The Balaban J connectivity index is 1.14. The van der Waals surface area contributed by atoms with E-state index in [0.29, 0.717) is 44.2 Å². The summed E-state index contributed by atoms with van der Waals surface area (Å²) >= 11 is 0. The van der Waals surface area contributed by atoms with Crippen LogP contribution in [0, 0.1) is 17.3 Å². The minimum atomic E-state index is -0.902. The Bertz CT molecular complexity index is 1430. The summed E-state index contributed by atoms with van der Waals surface area (Å²) in [5.41, 5.74) is 1.55. The van der Waals surface area contributed by atoms with Gasteiger partial charge in [0.25, 0.3) is 0 Å². The van der Waals surface area contributed by atoms with Crippen LogP contribution in [0.2, 0.25) is 0 Å². The molecule has 0 spiro atoms. The second kappa shape index (κ2) is 14.6. The molecule has 3 aliphatic carbocycles. The van der Waals surface area contributed by atoms with Crippen LogP contribution in [0.15, 0.2) is 60.7 Å². The number of likely N-dealkylation sites (tertiary alicyclic amines) is 1. The van der Waals surface area contributed by atoms with Crippen LogP contribution in [0.25, 0.3) is 0 Å². The van der Waals surface area contributed by atoms with Gasteiger partial charge in [-0.1, -0.05) is 74.5 Å². The maximum atomic E-state index is 14.2. The first-order valence-corrected chi connectivity index (χ1v) is 17.5. The molecule has 10 nitrogen and oxygen atoms in total. The number of benzene rings is 2. The summed E-state index contributed by atoms with van der Waals surface area (Å²) in [6.07, 6.45) is 4.26. The number of methoxy groups -OCH3 is 1. The third kappa shape index (κ3) is 7.14. The van der Waals surface area contributed by atoms with Crippen LogP contribution < -0.4 is 10.6 Å². The van der Waals surface area contributed by atoms with E-state index in [-0.39, 0.29) is 42.3 Å². The zero-order valence-electron chi connectivity index (χ0n) is 28.7. The SMILES string of the molecule is COCCCC(NC(=O)[C@@H]1CCCN1C(=O)[C@H](Cc1ccccc1)NC(=O)OCc1ccccc1)B1O[C@H]2C[C@@H]3C[C@@H](C3(C)C)[C@]2(C)O1. The molecule has 5 fully saturated rings. The van der Waals surface area contributed by atoms with E-state index in [1.165, 1.54) is 0 Å². The summed E-state index contributed by atoms with van der Waals surface area (Å²) in [5.74, 6) is 0.100. The number of ether oxygens (including phenoxy) is 2. The number of alkyl carbamates (subject to hydrolysis) is 1. The summed E-state index contributed by atoms with van der Waals surface area (Å²) in [4.78, 5) is 42.7. The number of hydrogen-bond acceptors (Lipinski definition) is 7. The smallest absolute Gasteiger partial charge is 0.445 e. The molecule has 2 aromatic rings. The molecule has 7 rings (SSSR count). The highest BCUT2D eigenvalue weighted by Crippen LogP contribution is 2.65. The number of carbonyl (C=O) groups is 3. The lowest BCUT2D eigenvalue weighted by Gasteiger charge is -2.64. The molecule has 2 aromatic carbocycles. The molecule has 0 aromatic heterocycles. The minimum absolute atomic E-state index is 0.00266. The Kier molecular flexibility index (Phi) is 10.5. The van der Waals surface area contributed by atoms with Gasteiger partial charge in [-0.3, -0.25) is 9.59 Å². The molecular formula is C37H50BN3O7. The lowest BCUT2D eigenvalue weighted by Crippen LogP contribution is -2.65. The van der Waals surface area contributed by atoms with Crippen molar-refractivity contribution in [2.45, 2.75) is 102 Å². The van der Waals surface area contributed by atoms with Crippen LogP contribution in [0.5, 0.6) is 0 Å². The van der Waals surface area contributed by atoms with E-state index in [0.717, 1.165) is 30.4 Å². The summed E-state index contributed by atoms with van der Waals surface area (Å²) in [7, 11) is 1.09. The Labute approximate surface area is 284 Å². The quantitative estimate of drug-likeness (QED) is 0.237. The molecule has 3 saturated carbocycles. The third-order valence-electron chi connectivity index (χ3n) is 11.4. The molecule has 2 saturated heterocycles. The van der Waals surface area contributed by atoms with Crippen LogP contribution >= 0.6 is 0 Å². The van der Waals surface area contributed by atoms with Gasteiger partial charge in [-0.15, -0.1) is 0 Å². The van der Waals surface area contributed by atoms with E-state index in [2.05, 4.69) is 31.4 Å². The van der Waals surface area contributed by atoms with E-state index in [1.807, 2.05) is 60.7 Å². The molecule has 11 heteroatoms. The molecule has 48 heavy (non-hydrogen) atoms. The first-order chi connectivity index (χ1) is 23.1. The van der Waals surface area contributed by atoms with E-state index in [9.17, 15) is 14.4 Å². The standard InChI is InChI=1S/C37H50BN3O7/c1-36(2)27-22-30(36)37(3)31(23-27)47-38(48-37)32(18-12-20-45-4)40-33(42)29-17-11-19-41(29)34(43)28(21-25-13-7-5-8-14-25)39-35(44)46-24-26-15-9-6-10-16-26/h5-10,13-16,27-32H,11-12,17-24H2,1-4H3,(H,39,44)(H,40,42)/t27-,28-,29-,30-,31-,32?,37-/m0/s1. The van der Waals surface area contributed by atoms with E-state index in [1.54, 1.807) is 12.0 Å². The van der Waals surface area contributed by atoms with Gasteiger partial charge >= 0.3 is 13.2 Å². The monoisotopic (exact) mass is 659 g/mol. The number of nitrogens with zero attached hydrogens (tertiary/aromatic N) is 1. The molecule has 2 N–H and O–H groups in total. The molecule has 7 atom stereocenters. The predicted octanol–water partition coefficient (Wildman–Crippen LogP) is 4.69. The van der Waals surface area contributed by atoms with Crippen LogP contribution in [0.1, 0.15) is 70.4 Å². The van der Waals surface area contributed by atoms with Gasteiger partial charge in [0.2, 0.25) is 11.8 Å². The molecule has 2 aliphatic heterocycles. The zero-order chi connectivity index (χ0) is 33.9. The largest absolute Gasteiger partial charge is 0.481 e. The lowest BCUT2D eigenvalue weighted by atomic mass is 9.43. The van der Waals surface area contributed by atoms with Crippen LogP contribution in [0.4, 0.5) is 4.79 Å². The number of carbonyl (C=O) groups excluding carboxylic acids is 3. The highest BCUT2D eigenvalue weighted by molar-refractivity contribution is 6.47. The second-order valence-corrected chi connectivity index (χ2v) is 14.7. The highest BCUT2D eigenvalue weighted by Gasteiger charge is 2.68. The topological polar surface area (TPSA) is 115 Å². The third-order valence-corrected chi connectivity index (χ3v) is 11.4. The Morgan fingerprint density at radius 3 is 2.40 bits per heavy atom. The summed E-state index contributed by atoms with van der Waals surface area (Å²) in [6.45, 7) is 7.90. The maximum Gasteiger partial charge on any atom is 0.481 e. The summed E-state index contributed by atoms with van der Waals surface area (Å²) in [6, 6.07) is 17.3. The number of rotatable bonds is 13. The van der Waals surface area contributed by atoms with Crippen molar-refractivity contribution < 1.29 is 33.2 Å². The van der Waals surface area contributed by atoms with Crippen molar-refractivity contribution in [1.82, 2.24) is 15.5 Å². The van der Waals surface area contributed by atoms with Crippen molar-refractivity contribution in [3.05, 3.63) is 71.8 Å². The number of hydrogen-bond donors (Lipinski definition) is 2. The van der Waals surface area contributed by atoms with Gasteiger partial charge in [-0.25, -0.2) is 4.79 Å². The van der Waals surface area contributed by atoms with Gasteiger partial charge in [-0.2, -0.15) is 0 Å². The summed E-state index contributed by atoms with van der Waals surface area (Å²) < 4.78 is 24.1. The van der Waals surface area contributed by atoms with Crippen LogP contribution in [-0.2, 0) is 41.4 Å². The number of amides is 3. The molecule has 1 unspecified atom stereocenters. The Morgan fingerprint density at radius 2 is 1.71 bits per heavy atom. The molecule has 0 radical (unpaired) electrons. The van der Waals surface area contributed by atoms with E-state index < -0.39 is 30.9 Å². The minimum Gasteiger partial charge on any atom is -0.445 e. The van der Waals surface area contributed by atoms with Crippen LogP contribution in [0.3, 0.4) is 0 Å². The van der Waals surface area contributed by atoms with E-state index >= 15 is 0 Å². The van der Waals surface area contributed by atoms with Gasteiger partial charge in [-0.05, 0) is 73.8 Å². The molecule has 3 amide bonds. The molecular weight excluding hydrogens is 609 g/mol. The first kappa shape index (κ1) is 34.5. The molecule has 258 valence electrons. The second-order valence-electron chi connectivity index (χ2n) is 14.7. The van der Waals surface area contributed by atoms with Crippen LogP contribution in [-0.4, -0.2) is 79.9 Å². The van der Waals surface area contributed by atoms with Crippen molar-refractivity contribution in [2.75, 3.05) is 20.3 Å². The highest BCUT2D eigenvalue weighted by atomic mass is 16.7. The first-order valence-electron chi connectivity index (χ1n) is 17.5. The van der Waals surface area contributed by atoms with Gasteiger partial charge in [0.15, 0.2) is 0 Å². The average Bonchev–Trinajstić information content (AvgIpc) is 3.72. The maximum absolute atomic E-state index is 14.2. The van der Waals surface area contributed by atoms with Crippen molar-refractivity contribution in [2.24, 2.45) is 17.3 Å². The number of nitrogens with one attached hydrogen (secondary N) is 2. The predicted molar refractivity (Wildman–Crippen MR) is 182 cm³/mol. The van der Waals surface area contributed by atoms with Crippen molar-refractivity contribution in [1.29, 1.82) is 0 Å². The fourth-order valence-corrected chi connectivity index (χ4v) is 8.53. The van der Waals surface area contributed by atoms with Crippen molar-refractivity contribution in [3.8, 4) is 0 Å². The average molecular weight is 660 g/mol. The van der Waals surface area contributed by atoms with Gasteiger partial charge in [0.05, 0.1) is 17.6 Å².